The van der Waals surface area contributed by atoms with E-state index >= 15 is 0 Å². The maximum atomic E-state index is 7.09. The van der Waals surface area contributed by atoms with Crippen LogP contribution in [-0.4, -0.2) is 6.10 Å². The van der Waals surface area contributed by atoms with Crippen molar-refractivity contribution in [1.82, 2.24) is 0 Å². The normalized spacial score (nSPS) is 15.6. The van der Waals surface area contributed by atoms with Gasteiger partial charge in [0.15, 0.2) is 5.58 Å². The molecule has 274 valence electrons. The third kappa shape index (κ3) is 5.15. The molecule has 0 saturated carbocycles. The molecular weight excluding hydrogens is 711 g/mol. The molecule has 2 unspecified atom stereocenters. The zero-order valence-corrected chi connectivity index (χ0v) is 31.4. The first-order chi connectivity index (χ1) is 28.7. The second-order valence-electron chi connectivity index (χ2n) is 15.1. The standard InChI is InChI=1S/C54H35NO3/c1-3-12-34(13-4-1)36-22-24-38(25-23-36)51-52-44-17-8-10-21-48(44)56-50(52)33-45-42-31-30-40(32-49(42)58-54(45)51)55(39-28-26-37(27-29-39)35-14-5-2-6-15-35)46-19-11-18-43-41-16-7-9-20-47(41)57-53(43)46/h1-33,44,48H. The van der Waals surface area contributed by atoms with Crippen molar-refractivity contribution in [3.05, 3.63) is 206 Å². The molecule has 1 aliphatic carbocycles. The zero-order chi connectivity index (χ0) is 38.2. The second-order valence-corrected chi connectivity index (χ2v) is 15.1. The van der Waals surface area contributed by atoms with Crippen LogP contribution in [0.25, 0.3) is 77.3 Å². The maximum absolute atomic E-state index is 7.09. The van der Waals surface area contributed by atoms with E-state index in [4.69, 9.17) is 13.6 Å². The van der Waals surface area contributed by atoms with Crippen molar-refractivity contribution in [1.29, 1.82) is 0 Å². The van der Waals surface area contributed by atoms with Crippen molar-refractivity contribution in [2.24, 2.45) is 0 Å². The molecule has 3 heterocycles. The Morgan fingerprint density at radius 2 is 1.02 bits per heavy atom. The predicted octanol–water partition coefficient (Wildman–Crippen LogP) is 14.9. The van der Waals surface area contributed by atoms with Gasteiger partial charge in [0, 0.05) is 50.3 Å². The summed E-state index contributed by atoms with van der Waals surface area (Å²) in [5.41, 5.74) is 14.3. The van der Waals surface area contributed by atoms with E-state index in [1.807, 2.05) is 18.2 Å². The molecule has 1 aliphatic heterocycles. The molecule has 0 N–H and O–H groups in total. The smallest absolute Gasteiger partial charge is 0.159 e. The Morgan fingerprint density at radius 1 is 0.414 bits per heavy atom. The number of para-hydroxylation sites is 2. The van der Waals surface area contributed by atoms with Gasteiger partial charge < -0.3 is 18.5 Å². The molecule has 4 heteroatoms. The van der Waals surface area contributed by atoms with E-state index in [1.54, 1.807) is 0 Å². The molecule has 10 aromatic rings. The van der Waals surface area contributed by atoms with Crippen LogP contribution in [0.1, 0.15) is 11.5 Å². The van der Waals surface area contributed by atoms with Gasteiger partial charge in [0.25, 0.3) is 0 Å². The van der Waals surface area contributed by atoms with Crippen molar-refractivity contribution in [3.8, 4) is 39.1 Å². The fourth-order valence-electron chi connectivity index (χ4n) is 9.08. The number of rotatable bonds is 6. The molecule has 0 fully saturated rings. The first-order valence-electron chi connectivity index (χ1n) is 19.8. The molecule has 8 aromatic carbocycles. The number of benzene rings is 8. The van der Waals surface area contributed by atoms with Crippen LogP contribution in [0.15, 0.2) is 209 Å². The van der Waals surface area contributed by atoms with Gasteiger partial charge in [-0.25, -0.2) is 0 Å². The summed E-state index contributed by atoms with van der Waals surface area (Å²) in [5.74, 6) is 1.000. The molecule has 0 amide bonds. The lowest BCUT2D eigenvalue weighted by molar-refractivity contribution is 0.269. The van der Waals surface area contributed by atoms with Gasteiger partial charge in [-0.2, -0.15) is 0 Å². The maximum Gasteiger partial charge on any atom is 0.159 e. The largest absolute Gasteiger partial charge is 0.485 e. The summed E-state index contributed by atoms with van der Waals surface area (Å²) in [6.45, 7) is 0. The lowest BCUT2D eigenvalue weighted by atomic mass is 9.85. The predicted molar refractivity (Wildman–Crippen MR) is 237 cm³/mol. The Hall–Kier alpha value is -7.56. The van der Waals surface area contributed by atoms with E-state index in [9.17, 15) is 0 Å². The summed E-state index contributed by atoms with van der Waals surface area (Å²) in [6, 6.07) is 62.0. The summed E-state index contributed by atoms with van der Waals surface area (Å²) in [6.07, 6.45) is 8.57. The van der Waals surface area contributed by atoms with Gasteiger partial charge in [-0.15, -0.1) is 0 Å². The van der Waals surface area contributed by atoms with Gasteiger partial charge in [0.05, 0.1) is 11.4 Å². The number of hydrogen-bond donors (Lipinski definition) is 0. The highest BCUT2D eigenvalue weighted by atomic mass is 16.5. The lowest BCUT2D eigenvalue weighted by Crippen LogP contribution is -2.15. The lowest BCUT2D eigenvalue weighted by Gasteiger charge is -2.25. The van der Waals surface area contributed by atoms with Crippen LogP contribution in [0.5, 0.6) is 5.75 Å². The number of furan rings is 2. The Balaban J connectivity index is 1.05. The van der Waals surface area contributed by atoms with Crippen LogP contribution in [0.4, 0.5) is 17.1 Å². The molecule has 2 aliphatic rings. The summed E-state index contributed by atoms with van der Waals surface area (Å²) >= 11 is 0. The summed E-state index contributed by atoms with van der Waals surface area (Å²) in [4.78, 5) is 2.28. The van der Waals surface area contributed by atoms with Gasteiger partial charge in [-0.05, 0) is 76.4 Å². The highest BCUT2D eigenvalue weighted by molar-refractivity contribution is 6.13. The van der Waals surface area contributed by atoms with Crippen LogP contribution >= 0.6 is 0 Å². The highest BCUT2D eigenvalue weighted by Crippen LogP contribution is 2.52. The third-order valence-corrected chi connectivity index (χ3v) is 11.8. The average Bonchev–Trinajstić information content (AvgIpc) is 3.98. The van der Waals surface area contributed by atoms with E-state index < -0.39 is 0 Å². The van der Waals surface area contributed by atoms with Crippen molar-refractivity contribution >= 4 is 60.9 Å². The number of allylic oxidation sites excluding steroid dienone is 2. The van der Waals surface area contributed by atoms with E-state index in [0.717, 1.165) is 83.4 Å². The minimum Gasteiger partial charge on any atom is -0.485 e. The molecule has 0 radical (unpaired) electrons. The Kier molecular flexibility index (Phi) is 7.32. The van der Waals surface area contributed by atoms with Gasteiger partial charge >= 0.3 is 0 Å². The fraction of sp³-hybridized carbons (Fsp3) is 0.0370. The Labute approximate surface area is 335 Å². The number of ether oxygens (including phenoxy) is 1. The van der Waals surface area contributed by atoms with Crippen molar-refractivity contribution in [2.45, 2.75) is 12.0 Å². The fourth-order valence-corrected chi connectivity index (χ4v) is 9.08. The number of anilines is 3. The zero-order valence-electron chi connectivity index (χ0n) is 31.4. The number of fused-ring (bicyclic) bond motifs is 9. The van der Waals surface area contributed by atoms with Crippen molar-refractivity contribution < 1.29 is 13.6 Å². The molecule has 0 bridgehead atoms. The second kappa shape index (κ2) is 13.0. The first kappa shape index (κ1) is 32.7. The van der Waals surface area contributed by atoms with Gasteiger partial charge in [-0.1, -0.05) is 146 Å². The monoisotopic (exact) mass is 745 g/mol. The Morgan fingerprint density at radius 3 is 1.79 bits per heavy atom. The van der Waals surface area contributed by atoms with Crippen LogP contribution in [0.2, 0.25) is 0 Å². The summed E-state index contributed by atoms with van der Waals surface area (Å²) < 4.78 is 20.4. The molecule has 0 saturated heterocycles. The SMILES string of the molecule is C1=CC2Oc3cc4c(oc5cc(N(c6ccc(-c7ccccc7)cc6)c6cccc7c6oc6ccccc67)ccc54)c(-c4ccc(-c5ccccc5)cc4)c3C2C=C1. The van der Waals surface area contributed by atoms with Gasteiger partial charge in [0.1, 0.15) is 28.6 Å². The van der Waals surface area contributed by atoms with E-state index in [0.29, 0.717) is 0 Å². The van der Waals surface area contributed by atoms with Crippen LogP contribution in [0, 0.1) is 0 Å². The first-order valence-corrected chi connectivity index (χ1v) is 19.8. The minimum atomic E-state index is -0.0467. The summed E-state index contributed by atoms with van der Waals surface area (Å²) in [7, 11) is 0. The molecule has 4 nitrogen and oxygen atoms in total. The quantitative estimate of drug-likeness (QED) is 0.170. The van der Waals surface area contributed by atoms with E-state index in [1.165, 1.54) is 22.3 Å². The molecule has 2 aromatic heterocycles. The number of nitrogens with zero attached hydrogens (tertiary/aromatic N) is 1. The van der Waals surface area contributed by atoms with Gasteiger partial charge in [0.2, 0.25) is 0 Å². The molecule has 12 rings (SSSR count). The molecule has 58 heavy (non-hydrogen) atoms. The molecule has 0 spiro atoms. The Bertz CT molecular complexity index is 3240. The molecular formula is C54H35NO3. The van der Waals surface area contributed by atoms with E-state index in [-0.39, 0.29) is 12.0 Å². The minimum absolute atomic E-state index is 0.0467. The molecule has 2 atom stereocenters. The van der Waals surface area contributed by atoms with Crippen molar-refractivity contribution in [2.75, 3.05) is 4.90 Å². The highest BCUT2D eigenvalue weighted by Gasteiger charge is 2.37. The van der Waals surface area contributed by atoms with E-state index in [2.05, 4.69) is 187 Å². The van der Waals surface area contributed by atoms with Crippen LogP contribution in [0.3, 0.4) is 0 Å². The van der Waals surface area contributed by atoms with Crippen LogP contribution in [-0.2, 0) is 0 Å². The summed E-state index contributed by atoms with van der Waals surface area (Å²) in [5, 5.41) is 4.24. The third-order valence-electron chi connectivity index (χ3n) is 11.8. The van der Waals surface area contributed by atoms with Crippen molar-refractivity contribution in [3.63, 3.8) is 0 Å². The van der Waals surface area contributed by atoms with Gasteiger partial charge in [-0.3, -0.25) is 0 Å². The topological polar surface area (TPSA) is 38.8 Å². The van der Waals surface area contributed by atoms with Crippen LogP contribution < -0.4 is 9.64 Å². The number of hydrogen-bond acceptors (Lipinski definition) is 4. The average molecular weight is 746 g/mol.